The Bertz CT molecular complexity index is 3400. The largest absolute Gasteiger partial charge is 0.456 e. The summed E-state index contributed by atoms with van der Waals surface area (Å²) in [5.41, 5.74) is 18.0. The number of nitrogens with zero attached hydrogens (tertiary/aromatic N) is 2. The first-order valence-electron chi connectivity index (χ1n) is 21.1. The molecular weight excluding hydrogens is 753 g/mol. The second-order valence-electron chi connectivity index (χ2n) is 16.1. The predicted molar refractivity (Wildman–Crippen MR) is 254 cm³/mol. The average molecular weight is 791 g/mol. The quantitative estimate of drug-likeness (QED) is 0.161. The molecule has 0 radical (unpaired) electrons. The van der Waals surface area contributed by atoms with Gasteiger partial charge in [-0.2, -0.15) is 0 Å². The number of hydrogen-bond acceptors (Lipinski definition) is 3. The lowest BCUT2D eigenvalue weighted by Gasteiger charge is -2.34. The number of rotatable bonds is 7. The van der Waals surface area contributed by atoms with E-state index in [4.69, 9.17) is 14.4 Å². The molecule has 62 heavy (non-hydrogen) atoms. The van der Waals surface area contributed by atoms with Crippen LogP contribution in [-0.4, -0.2) is 9.97 Å². The van der Waals surface area contributed by atoms with Crippen molar-refractivity contribution in [2.24, 2.45) is 0 Å². The standard InChI is InChI=1S/C59H38N2O/c1-4-15-39(16-5-1)42-17-14-18-45(35-42)58-60-54(41-29-27-40(28-30-41)43-32-34-57-51(36-43)50-24-11-13-26-56(50)62-57)38-55(61-58)44-31-33-49-48-23-10-12-25-52(48)59(53(49)37-44,46-19-6-2-7-20-46)47-21-8-3-9-22-47/h1-38H. The van der Waals surface area contributed by atoms with E-state index in [0.717, 1.165) is 72.3 Å². The second kappa shape index (κ2) is 14.5. The zero-order valence-corrected chi connectivity index (χ0v) is 33.7. The zero-order valence-electron chi connectivity index (χ0n) is 33.7. The highest BCUT2D eigenvalue weighted by molar-refractivity contribution is 6.06. The number of para-hydroxylation sites is 1. The highest BCUT2D eigenvalue weighted by Crippen LogP contribution is 2.56. The molecule has 0 unspecified atom stereocenters. The van der Waals surface area contributed by atoms with Crippen LogP contribution in [0.1, 0.15) is 22.3 Å². The summed E-state index contributed by atoms with van der Waals surface area (Å²) >= 11 is 0. The van der Waals surface area contributed by atoms with E-state index in [1.54, 1.807) is 0 Å². The van der Waals surface area contributed by atoms with Gasteiger partial charge in [-0.3, -0.25) is 0 Å². The molecule has 12 rings (SSSR count). The number of furan rings is 1. The molecule has 290 valence electrons. The molecule has 0 saturated heterocycles. The van der Waals surface area contributed by atoms with Gasteiger partial charge in [0.1, 0.15) is 11.2 Å². The maximum atomic E-state index is 6.13. The molecule has 9 aromatic carbocycles. The first-order valence-corrected chi connectivity index (χ1v) is 21.1. The molecule has 0 spiro atoms. The van der Waals surface area contributed by atoms with Crippen molar-refractivity contribution in [3.8, 4) is 67.3 Å². The Balaban J connectivity index is 1.03. The molecule has 0 N–H and O–H groups in total. The van der Waals surface area contributed by atoms with Crippen LogP contribution in [0.15, 0.2) is 235 Å². The van der Waals surface area contributed by atoms with E-state index >= 15 is 0 Å². The van der Waals surface area contributed by atoms with Crippen LogP contribution in [0.4, 0.5) is 0 Å². The smallest absolute Gasteiger partial charge is 0.160 e. The summed E-state index contributed by atoms with van der Waals surface area (Å²) in [6.45, 7) is 0. The molecule has 0 aliphatic heterocycles. The van der Waals surface area contributed by atoms with Crippen molar-refractivity contribution in [3.63, 3.8) is 0 Å². The molecule has 0 atom stereocenters. The molecule has 3 nitrogen and oxygen atoms in total. The van der Waals surface area contributed by atoms with Crippen LogP contribution in [0.2, 0.25) is 0 Å². The Morgan fingerprint density at radius 3 is 1.61 bits per heavy atom. The minimum absolute atomic E-state index is 0.519. The monoisotopic (exact) mass is 790 g/mol. The van der Waals surface area contributed by atoms with Gasteiger partial charge in [-0.1, -0.05) is 194 Å². The van der Waals surface area contributed by atoms with Crippen LogP contribution in [0.3, 0.4) is 0 Å². The van der Waals surface area contributed by atoms with Gasteiger partial charge in [0.2, 0.25) is 0 Å². The van der Waals surface area contributed by atoms with Crippen molar-refractivity contribution in [1.82, 2.24) is 9.97 Å². The number of benzene rings is 9. The lowest BCUT2D eigenvalue weighted by molar-refractivity contribution is 0.669. The first kappa shape index (κ1) is 35.8. The summed E-state index contributed by atoms with van der Waals surface area (Å²) in [6, 6.07) is 82.3. The molecule has 2 heterocycles. The van der Waals surface area contributed by atoms with Crippen LogP contribution < -0.4 is 0 Å². The fourth-order valence-corrected chi connectivity index (χ4v) is 9.68. The van der Waals surface area contributed by atoms with E-state index in [1.165, 1.54) is 33.4 Å². The van der Waals surface area contributed by atoms with E-state index < -0.39 is 5.41 Å². The van der Waals surface area contributed by atoms with Crippen molar-refractivity contribution in [2.75, 3.05) is 0 Å². The van der Waals surface area contributed by atoms with E-state index in [1.807, 2.05) is 12.1 Å². The van der Waals surface area contributed by atoms with E-state index in [9.17, 15) is 0 Å². The molecule has 0 amide bonds. The summed E-state index contributed by atoms with van der Waals surface area (Å²) in [6.07, 6.45) is 0. The topological polar surface area (TPSA) is 38.9 Å². The van der Waals surface area contributed by atoms with E-state index in [-0.39, 0.29) is 0 Å². The summed E-state index contributed by atoms with van der Waals surface area (Å²) in [4.78, 5) is 10.7. The lowest BCUT2D eigenvalue weighted by atomic mass is 9.67. The molecule has 0 fully saturated rings. The van der Waals surface area contributed by atoms with E-state index in [0.29, 0.717) is 5.82 Å². The van der Waals surface area contributed by atoms with Gasteiger partial charge in [-0.25, -0.2) is 9.97 Å². The second-order valence-corrected chi connectivity index (χ2v) is 16.1. The van der Waals surface area contributed by atoms with Crippen LogP contribution in [-0.2, 0) is 5.41 Å². The Morgan fingerprint density at radius 2 is 0.839 bits per heavy atom. The minimum atomic E-state index is -0.519. The average Bonchev–Trinajstić information content (AvgIpc) is 3.88. The van der Waals surface area contributed by atoms with Crippen LogP contribution >= 0.6 is 0 Å². The minimum Gasteiger partial charge on any atom is -0.456 e. The van der Waals surface area contributed by atoms with Gasteiger partial charge in [-0.15, -0.1) is 0 Å². The predicted octanol–water partition coefficient (Wildman–Crippen LogP) is 15.1. The Labute approximate surface area is 360 Å². The normalized spacial score (nSPS) is 12.6. The van der Waals surface area contributed by atoms with Crippen LogP contribution in [0, 0.1) is 0 Å². The number of fused-ring (bicyclic) bond motifs is 6. The Morgan fingerprint density at radius 1 is 0.306 bits per heavy atom. The summed E-state index contributed by atoms with van der Waals surface area (Å²) < 4.78 is 6.13. The van der Waals surface area contributed by atoms with Gasteiger partial charge in [0.15, 0.2) is 5.82 Å². The third kappa shape index (κ3) is 5.82. The third-order valence-corrected chi connectivity index (χ3v) is 12.6. The third-order valence-electron chi connectivity index (χ3n) is 12.6. The SMILES string of the molecule is c1ccc(-c2cccc(-c3nc(-c4ccc(-c5ccc6oc7ccccc7c6c5)cc4)cc(-c4ccc5c(c4)C(c4ccccc4)(c4ccccc4)c4ccccc4-5)n3)c2)cc1. The van der Waals surface area contributed by atoms with Gasteiger partial charge in [-0.05, 0) is 92.0 Å². The van der Waals surface area contributed by atoms with Crippen molar-refractivity contribution in [2.45, 2.75) is 5.41 Å². The fourth-order valence-electron chi connectivity index (χ4n) is 9.68. The highest BCUT2D eigenvalue weighted by Gasteiger charge is 2.46. The maximum absolute atomic E-state index is 6.13. The number of hydrogen-bond donors (Lipinski definition) is 0. The van der Waals surface area contributed by atoms with Gasteiger partial charge in [0.05, 0.1) is 16.8 Å². The fraction of sp³-hybridized carbons (Fsp3) is 0.0169. The Kier molecular flexibility index (Phi) is 8.39. The van der Waals surface area contributed by atoms with Crippen molar-refractivity contribution < 1.29 is 4.42 Å². The Hall–Kier alpha value is -8.14. The van der Waals surface area contributed by atoms with Crippen LogP contribution in [0.5, 0.6) is 0 Å². The van der Waals surface area contributed by atoms with Gasteiger partial charge in [0, 0.05) is 27.5 Å². The molecule has 3 heteroatoms. The molecule has 2 aromatic heterocycles. The zero-order chi connectivity index (χ0) is 41.0. The van der Waals surface area contributed by atoms with Crippen LogP contribution in [0.25, 0.3) is 89.2 Å². The first-order chi connectivity index (χ1) is 30.7. The number of aromatic nitrogens is 2. The van der Waals surface area contributed by atoms with Crippen molar-refractivity contribution in [1.29, 1.82) is 0 Å². The molecule has 0 saturated carbocycles. The molecule has 1 aliphatic carbocycles. The lowest BCUT2D eigenvalue weighted by Crippen LogP contribution is -2.28. The molecule has 1 aliphatic rings. The van der Waals surface area contributed by atoms with Gasteiger partial charge < -0.3 is 4.42 Å². The highest BCUT2D eigenvalue weighted by atomic mass is 16.3. The van der Waals surface area contributed by atoms with Crippen molar-refractivity contribution in [3.05, 3.63) is 253 Å². The van der Waals surface area contributed by atoms with Crippen molar-refractivity contribution >= 4 is 21.9 Å². The summed E-state index contributed by atoms with van der Waals surface area (Å²) in [5, 5.41) is 2.24. The summed E-state index contributed by atoms with van der Waals surface area (Å²) in [7, 11) is 0. The molecular formula is C59H38N2O. The molecule has 0 bridgehead atoms. The van der Waals surface area contributed by atoms with Gasteiger partial charge in [0.25, 0.3) is 0 Å². The summed E-state index contributed by atoms with van der Waals surface area (Å²) in [5.74, 6) is 0.679. The van der Waals surface area contributed by atoms with E-state index in [2.05, 4.69) is 218 Å². The van der Waals surface area contributed by atoms with Gasteiger partial charge >= 0.3 is 0 Å². The maximum Gasteiger partial charge on any atom is 0.160 e. The molecule has 11 aromatic rings.